The van der Waals surface area contributed by atoms with Gasteiger partial charge in [0.1, 0.15) is 5.75 Å². The summed E-state index contributed by atoms with van der Waals surface area (Å²) in [4.78, 5) is 27.6. The van der Waals surface area contributed by atoms with Gasteiger partial charge < -0.3 is 19.5 Å². The van der Waals surface area contributed by atoms with Crippen molar-refractivity contribution in [1.82, 2.24) is 19.7 Å². The molecule has 2 heterocycles. The van der Waals surface area contributed by atoms with E-state index in [1.165, 1.54) is 11.8 Å². The van der Waals surface area contributed by atoms with Crippen LogP contribution in [0.4, 0.5) is 5.69 Å². The van der Waals surface area contributed by atoms with Crippen molar-refractivity contribution in [1.29, 1.82) is 0 Å². The fraction of sp³-hybridized carbons (Fsp3) is 0.385. The molecular weight excluding hydrogens is 462 g/mol. The van der Waals surface area contributed by atoms with Crippen LogP contribution < -0.4 is 10.1 Å². The predicted molar refractivity (Wildman–Crippen MR) is 137 cm³/mol. The molecule has 3 aromatic rings. The summed E-state index contributed by atoms with van der Waals surface area (Å²) in [5, 5.41) is 12.4. The lowest BCUT2D eigenvalue weighted by Gasteiger charge is -2.24. The molecule has 184 valence electrons. The smallest absolute Gasteiger partial charge is 0.254 e. The number of ether oxygens (including phenoxy) is 1. The van der Waals surface area contributed by atoms with Gasteiger partial charge in [0.2, 0.25) is 5.91 Å². The maximum absolute atomic E-state index is 13.2. The highest BCUT2D eigenvalue weighted by atomic mass is 32.2. The minimum atomic E-state index is -0.123. The Bertz CT molecular complexity index is 1180. The molecule has 1 unspecified atom stereocenters. The molecule has 35 heavy (non-hydrogen) atoms. The number of carbonyl (C=O) groups excluding carboxylic acids is 2. The van der Waals surface area contributed by atoms with Gasteiger partial charge in [-0.15, -0.1) is 10.2 Å². The molecule has 0 bridgehead atoms. The van der Waals surface area contributed by atoms with Crippen LogP contribution in [0.1, 0.15) is 54.5 Å². The molecule has 1 aromatic heterocycles. The van der Waals surface area contributed by atoms with Crippen LogP contribution in [0, 0.1) is 6.92 Å². The van der Waals surface area contributed by atoms with Crippen molar-refractivity contribution in [2.24, 2.45) is 0 Å². The van der Waals surface area contributed by atoms with Crippen LogP contribution in [0.25, 0.3) is 0 Å². The van der Waals surface area contributed by atoms with Crippen molar-refractivity contribution in [3.8, 4) is 5.75 Å². The number of benzene rings is 2. The third-order valence-electron chi connectivity index (χ3n) is 5.92. The van der Waals surface area contributed by atoms with Crippen LogP contribution in [0.5, 0.6) is 5.75 Å². The number of likely N-dealkylation sites (tertiary alicyclic amines) is 1. The molecule has 0 spiro atoms. The molecule has 2 amide bonds. The Morgan fingerprint density at radius 3 is 2.66 bits per heavy atom. The number of nitrogens with zero attached hydrogens (tertiary/aromatic N) is 4. The molecule has 1 N–H and O–H groups in total. The van der Waals surface area contributed by atoms with Gasteiger partial charge in [0.25, 0.3) is 5.91 Å². The summed E-state index contributed by atoms with van der Waals surface area (Å²) in [5.41, 5.74) is 2.47. The Labute approximate surface area is 210 Å². The Kier molecular flexibility index (Phi) is 8.07. The van der Waals surface area contributed by atoms with Crippen LogP contribution in [-0.2, 0) is 11.3 Å². The summed E-state index contributed by atoms with van der Waals surface area (Å²) in [7, 11) is 0. The molecule has 1 saturated heterocycles. The van der Waals surface area contributed by atoms with Gasteiger partial charge in [0.05, 0.1) is 18.4 Å². The van der Waals surface area contributed by atoms with Gasteiger partial charge in [-0.3, -0.25) is 9.59 Å². The van der Waals surface area contributed by atoms with E-state index in [2.05, 4.69) is 15.5 Å². The number of carbonyl (C=O) groups is 2. The van der Waals surface area contributed by atoms with E-state index in [4.69, 9.17) is 4.74 Å². The molecule has 1 aliphatic rings. The van der Waals surface area contributed by atoms with Crippen molar-refractivity contribution >= 4 is 29.3 Å². The van der Waals surface area contributed by atoms with E-state index in [-0.39, 0.29) is 23.6 Å². The molecule has 9 heteroatoms. The topological polar surface area (TPSA) is 89.3 Å². The maximum Gasteiger partial charge on any atom is 0.254 e. The lowest BCUT2D eigenvalue weighted by Crippen LogP contribution is -2.32. The first-order chi connectivity index (χ1) is 17.0. The molecule has 8 nitrogen and oxygen atoms in total. The van der Waals surface area contributed by atoms with Gasteiger partial charge in [-0.1, -0.05) is 29.5 Å². The second-order valence-corrected chi connectivity index (χ2v) is 9.35. The number of rotatable bonds is 9. The zero-order chi connectivity index (χ0) is 24.8. The second-order valence-electron chi connectivity index (χ2n) is 8.41. The fourth-order valence-electron chi connectivity index (χ4n) is 4.30. The van der Waals surface area contributed by atoms with Crippen LogP contribution in [0.3, 0.4) is 0 Å². The zero-order valence-corrected chi connectivity index (χ0v) is 21.2. The van der Waals surface area contributed by atoms with Gasteiger partial charge in [0, 0.05) is 24.3 Å². The van der Waals surface area contributed by atoms with Gasteiger partial charge in [-0.25, -0.2) is 0 Å². The number of aromatic nitrogens is 3. The minimum absolute atomic E-state index is 0.0192. The second kappa shape index (κ2) is 11.4. The van der Waals surface area contributed by atoms with E-state index < -0.39 is 0 Å². The summed E-state index contributed by atoms with van der Waals surface area (Å²) in [6, 6.07) is 14.9. The first kappa shape index (κ1) is 24.8. The predicted octanol–water partition coefficient (Wildman–Crippen LogP) is 4.71. The van der Waals surface area contributed by atoms with Gasteiger partial charge in [-0.05, 0) is 70.0 Å². The molecule has 0 saturated carbocycles. The molecule has 0 radical (unpaired) electrons. The van der Waals surface area contributed by atoms with E-state index in [1.54, 1.807) is 0 Å². The van der Waals surface area contributed by atoms with Gasteiger partial charge in [0.15, 0.2) is 11.0 Å². The third-order valence-corrected chi connectivity index (χ3v) is 6.89. The largest absolute Gasteiger partial charge is 0.494 e. The highest BCUT2D eigenvalue weighted by molar-refractivity contribution is 7.99. The normalized spacial score (nSPS) is 15.3. The lowest BCUT2D eigenvalue weighted by atomic mass is 10.1. The monoisotopic (exact) mass is 493 g/mol. The molecule has 4 rings (SSSR count). The highest BCUT2D eigenvalue weighted by Gasteiger charge is 2.34. The van der Waals surface area contributed by atoms with Crippen LogP contribution >= 0.6 is 11.8 Å². The molecule has 0 aliphatic carbocycles. The first-order valence-electron chi connectivity index (χ1n) is 12.0. The maximum atomic E-state index is 13.2. The van der Waals surface area contributed by atoms with E-state index in [1.807, 2.05) is 78.8 Å². The highest BCUT2D eigenvalue weighted by Crippen LogP contribution is 2.34. The Balaban J connectivity index is 1.42. The van der Waals surface area contributed by atoms with E-state index in [0.717, 1.165) is 30.0 Å². The number of hydrogen-bond donors (Lipinski definition) is 1. The summed E-state index contributed by atoms with van der Waals surface area (Å²) < 4.78 is 7.45. The van der Waals surface area contributed by atoms with Crippen LogP contribution in [-0.4, -0.2) is 50.4 Å². The number of aryl methyl sites for hydroxylation is 1. The molecular formula is C26H31N5O3S. The summed E-state index contributed by atoms with van der Waals surface area (Å²) in [6.45, 7) is 7.90. The zero-order valence-electron chi connectivity index (χ0n) is 20.4. The van der Waals surface area contributed by atoms with E-state index in [0.29, 0.717) is 36.1 Å². The Hall–Kier alpha value is -3.33. The average molecular weight is 494 g/mol. The van der Waals surface area contributed by atoms with Gasteiger partial charge >= 0.3 is 0 Å². The van der Waals surface area contributed by atoms with Crippen molar-refractivity contribution < 1.29 is 14.3 Å². The van der Waals surface area contributed by atoms with E-state index >= 15 is 0 Å². The Morgan fingerprint density at radius 2 is 1.94 bits per heavy atom. The number of nitrogens with one attached hydrogen (secondary N) is 1. The molecule has 2 aromatic carbocycles. The van der Waals surface area contributed by atoms with Crippen molar-refractivity contribution in [3.05, 3.63) is 65.5 Å². The molecule has 1 atom stereocenters. The number of thioether (sulfide) groups is 1. The summed E-state index contributed by atoms with van der Waals surface area (Å²) >= 11 is 1.35. The third kappa shape index (κ3) is 5.85. The average Bonchev–Trinajstić information content (AvgIpc) is 3.50. The number of anilines is 1. The standard InChI is InChI=1S/C26H31N5O3S/c1-4-30-24(22-10-7-15-31(22)25(33)19-9-6-8-18(3)16-19)28-29-26(30)35-17-23(32)27-20-11-13-21(14-12-20)34-5-2/h6,8-9,11-14,16,22H,4-5,7,10,15,17H2,1-3H3,(H,27,32). The van der Waals surface area contributed by atoms with Crippen molar-refractivity contribution in [2.75, 3.05) is 24.2 Å². The van der Waals surface area contributed by atoms with Crippen LogP contribution in [0.2, 0.25) is 0 Å². The Morgan fingerprint density at radius 1 is 1.14 bits per heavy atom. The quantitative estimate of drug-likeness (QED) is 0.434. The van der Waals surface area contributed by atoms with Crippen molar-refractivity contribution in [3.63, 3.8) is 0 Å². The van der Waals surface area contributed by atoms with Crippen LogP contribution in [0.15, 0.2) is 53.7 Å². The SMILES string of the molecule is CCOc1ccc(NC(=O)CSc2nnc(C3CCCN3C(=O)c3cccc(C)c3)n2CC)cc1. The van der Waals surface area contributed by atoms with Gasteiger partial charge in [-0.2, -0.15) is 0 Å². The fourth-order valence-corrected chi connectivity index (χ4v) is 5.11. The van der Waals surface area contributed by atoms with Crippen molar-refractivity contribution in [2.45, 2.75) is 51.4 Å². The number of amides is 2. The lowest BCUT2D eigenvalue weighted by molar-refractivity contribution is -0.113. The summed E-state index contributed by atoms with van der Waals surface area (Å²) in [5.74, 6) is 1.65. The molecule has 1 fully saturated rings. The summed E-state index contributed by atoms with van der Waals surface area (Å²) in [6.07, 6.45) is 1.77. The number of hydrogen-bond acceptors (Lipinski definition) is 6. The minimum Gasteiger partial charge on any atom is -0.494 e. The molecule has 1 aliphatic heterocycles. The first-order valence-corrected chi connectivity index (χ1v) is 12.9. The van der Waals surface area contributed by atoms with E-state index in [9.17, 15) is 9.59 Å².